The molecule has 0 saturated carbocycles. The number of thiocarbonyl (C=S) groups is 1. The molecule has 13 heavy (non-hydrogen) atoms. The molecule has 0 aliphatic carbocycles. The molecule has 1 rings (SSSR count). The van der Waals surface area contributed by atoms with Crippen LogP contribution in [-0.4, -0.2) is 52.2 Å². The van der Waals surface area contributed by atoms with E-state index in [1.54, 1.807) is 23.7 Å². The number of likely N-dealkylation sites (N-methyl/N-ethyl adjacent to an activating group) is 1. The van der Waals surface area contributed by atoms with Crippen LogP contribution >= 0.6 is 24.0 Å². The Labute approximate surface area is 86.7 Å². The number of carboxylic acid groups (broad SMARTS) is 1. The van der Waals surface area contributed by atoms with Crippen molar-refractivity contribution in [3.05, 3.63) is 0 Å². The van der Waals surface area contributed by atoms with E-state index in [4.69, 9.17) is 17.3 Å². The summed E-state index contributed by atoms with van der Waals surface area (Å²) in [4.78, 5) is 13.2. The Morgan fingerprint density at radius 1 is 1.85 bits per heavy atom. The van der Waals surface area contributed by atoms with Crippen LogP contribution in [0, 0.1) is 0 Å². The lowest BCUT2D eigenvalue weighted by Gasteiger charge is -2.22. The molecule has 1 saturated heterocycles. The van der Waals surface area contributed by atoms with E-state index in [9.17, 15) is 4.79 Å². The third kappa shape index (κ3) is 2.55. The summed E-state index contributed by atoms with van der Waals surface area (Å²) in [5.74, 6) is 0.528. The molecule has 0 amide bonds. The summed E-state index contributed by atoms with van der Waals surface area (Å²) in [7, 11) is 1.80. The fraction of sp³-hybridized carbons (Fsp3) is 0.714. The molecule has 1 aliphatic rings. The number of hydrogen-bond donors (Lipinski definition) is 2. The van der Waals surface area contributed by atoms with Gasteiger partial charge in [0.2, 0.25) is 0 Å². The summed E-state index contributed by atoms with van der Waals surface area (Å²) in [5.41, 5.74) is 0. The monoisotopic (exact) mass is 220 g/mol. The Hall–Kier alpha value is -0.330. The lowest BCUT2D eigenvalue weighted by atomic mass is 10.3. The predicted molar refractivity (Wildman–Crippen MR) is 57.1 cm³/mol. The molecule has 4 nitrogen and oxygen atoms in total. The van der Waals surface area contributed by atoms with Gasteiger partial charge in [-0.05, 0) is 7.05 Å². The largest absolute Gasteiger partial charge is 0.480 e. The molecule has 74 valence electrons. The summed E-state index contributed by atoms with van der Waals surface area (Å²) >= 11 is 6.70. The number of rotatable bonds is 3. The van der Waals surface area contributed by atoms with Crippen molar-refractivity contribution in [3.63, 3.8) is 0 Å². The highest BCUT2D eigenvalue weighted by atomic mass is 32.2. The maximum atomic E-state index is 10.8. The van der Waals surface area contributed by atoms with Crippen molar-refractivity contribution < 1.29 is 9.90 Å². The summed E-state index contributed by atoms with van der Waals surface area (Å²) in [6.07, 6.45) is 0. The van der Waals surface area contributed by atoms with Crippen LogP contribution < -0.4 is 5.32 Å². The lowest BCUT2D eigenvalue weighted by molar-refractivity contribution is -0.140. The first-order chi connectivity index (χ1) is 6.16. The SMILES string of the molecule is CNCC(=S)N1CSCC1C(=O)O. The maximum Gasteiger partial charge on any atom is 0.327 e. The van der Waals surface area contributed by atoms with Crippen molar-refractivity contribution in [1.29, 1.82) is 0 Å². The first-order valence-corrected chi connectivity index (χ1v) is 5.47. The smallest absolute Gasteiger partial charge is 0.327 e. The van der Waals surface area contributed by atoms with E-state index in [0.717, 1.165) is 0 Å². The van der Waals surface area contributed by atoms with Crippen molar-refractivity contribution in [2.45, 2.75) is 6.04 Å². The molecule has 0 spiro atoms. The van der Waals surface area contributed by atoms with E-state index in [1.807, 2.05) is 0 Å². The molecule has 1 fully saturated rings. The van der Waals surface area contributed by atoms with Crippen molar-refractivity contribution >= 4 is 34.9 Å². The van der Waals surface area contributed by atoms with E-state index in [0.29, 0.717) is 23.2 Å². The van der Waals surface area contributed by atoms with E-state index in [-0.39, 0.29) is 0 Å². The van der Waals surface area contributed by atoms with Crippen LogP contribution in [-0.2, 0) is 4.79 Å². The minimum absolute atomic E-state index is 0.439. The van der Waals surface area contributed by atoms with Crippen LogP contribution in [0.5, 0.6) is 0 Å². The third-order valence-corrected chi connectivity index (χ3v) is 3.21. The standard InChI is InChI=1S/C7H12N2O2S2/c1-8-2-6(12)9-4-13-3-5(9)7(10)11/h5,8H,2-4H2,1H3,(H,10,11). The lowest BCUT2D eigenvalue weighted by Crippen LogP contribution is -2.44. The second-order valence-corrected chi connectivity index (χ2v) is 4.22. The highest BCUT2D eigenvalue weighted by molar-refractivity contribution is 7.99. The van der Waals surface area contributed by atoms with Gasteiger partial charge in [-0.25, -0.2) is 4.79 Å². The van der Waals surface area contributed by atoms with Crippen LogP contribution in [0.25, 0.3) is 0 Å². The number of carbonyl (C=O) groups is 1. The number of nitrogens with one attached hydrogen (secondary N) is 1. The van der Waals surface area contributed by atoms with Crippen molar-refractivity contribution in [2.24, 2.45) is 0 Å². The van der Waals surface area contributed by atoms with Gasteiger partial charge in [0.05, 0.1) is 10.9 Å². The van der Waals surface area contributed by atoms with E-state index in [2.05, 4.69) is 5.32 Å². The second-order valence-electron chi connectivity index (χ2n) is 2.75. The molecule has 1 aliphatic heterocycles. The molecule has 0 bridgehead atoms. The molecular formula is C7H12N2O2S2. The third-order valence-electron chi connectivity index (χ3n) is 1.82. The molecular weight excluding hydrogens is 208 g/mol. The first kappa shape index (κ1) is 10.7. The molecule has 0 aromatic rings. The zero-order chi connectivity index (χ0) is 9.84. The Morgan fingerprint density at radius 3 is 3.08 bits per heavy atom. The van der Waals surface area contributed by atoms with Gasteiger partial charge in [-0.3, -0.25) is 0 Å². The summed E-state index contributed by atoms with van der Waals surface area (Å²) in [6.45, 7) is 0.569. The van der Waals surface area contributed by atoms with Gasteiger partial charge in [-0.15, -0.1) is 11.8 Å². The van der Waals surface area contributed by atoms with Crippen LogP contribution in [0.3, 0.4) is 0 Å². The number of carboxylic acids is 1. The molecule has 6 heteroatoms. The Balaban J connectivity index is 2.57. The van der Waals surface area contributed by atoms with Crippen molar-refractivity contribution in [1.82, 2.24) is 10.2 Å². The van der Waals surface area contributed by atoms with Crippen LogP contribution in [0.2, 0.25) is 0 Å². The predicted octanol–water partition coefficient (Wildman–Crippen LogP) is -0.00730. The number of hydrogen-bond acceptors (Lipinski definition) is 4. The van der Waals surface area contributed by atoms with Gasteiger partial charge in [0.1, 0.15) is 6.04 Å². The Bertz CT molecular complexity index is 223. The highest BCUT2D eigenvalue weighted by Gasteiger charge is 2.32. The minimum atomic E-state index is -0.788. The van der Waals surface area contributed by atoms with E-state index < -0.39 is 12.0 Å². The molecule has 1 heterocycles. The topological polar surface area (TPSA) is 52.6 Å². The molecule has 0 radical (unpaired) electrons. The van der Waals surface area contributed by atoms with Crippen LogP contribution in [0.4, 0.5) is 0 Å². The van der Waals surface area contributed by atoms with E-state index in [1.165, 1.54) is 0 Å². The number of nitrogens with zero attached hydrogens (tertiary/aromatic N) is 1. The molecule has 0 aromatic carbocycles. The first-order valence-electron chi connectivity index (χ1n) is 3.91. The van der Waals surface area contributed by atoms with Crippen molar-refractivity contribution in [2.75, 3.05) is 25.2 Å². The maximum absolute atomic E-state index is 10.8. The van der Waals surface area contributed by atoms with E-state index >= 15 is 0 Å². The van der Waals surface area contributed by atoms with Gasteiger partial charge < -0.3 is 15.3 Å². The average molecular weight is 220 g/mol. The summed E-state index contributed by atoms with van der Waals surface area (Å²) < 4.78 is 0. The minimum Gasteiger partial charge on any atom is -0.480 e. The van der Waals surface area contributed by atoms with Gasteiger partial charge in [0, 0.05) is 12.3 Å². The molecule has 2 N–H and O–H groups in total. The normalized spacial score (nSPS) is 21.9. The van der Waals surface area contributed by atoms with Gasteiger partial charge in [0.25, 0.3) is 0 Å². The zero-order valence-corrected chi connectivity index (χ0v) is 8.95. The second kappa shape index (κ2) is 4.78. The number of aliphatic carboxylic acids is 1. The molecule has 1 unspecified atom stereocenters. The van der Waals surface area contributed by atoms with Crippen LogP contribution in [0.1, 0.15) is 0 Å². The quantitative estimate of drug-likeness (QED) is 0.653. The zero-order valence-electron chi connectivity index (χ0n) is 7.32. The van der Waals surface area contributed by atoms with Crippen LogP contribution in [0.15, 0.2) is 0 Å². The molecule has 1 atom stereocenters. The Kier molecular flexibility index (Phi) is 3.95. The Morgan fingerprint density at radius 2 is 2.54 bits per heavy atom. The number of thioether (sulfide) groups is 1. The fourth-order valence-corrected chi connectivity index (χ4v) is 2.75. The van der Waals surface area contributed by atoms with Gasteiger partial charge in [0.15, 0.2) is 0 Å². The van der Waals surface area contributed by atoms with Gasteiger partial charge in [-0.1, -0.05) is 12.2 Å². The van der Waals surface area contributed by atoms with Gasteiger partial charge >= 0.3 is 5.97 Å². The average Bonchev–Trinajstić information content (AvgIpc) is 2.52. The molecule has 0 aromatic heterocycles. The summed E-state index contributed by atoms with van der Waals surface area (Å²) in [5, 5.41) is 11.8. The van der Waals surface area contributed by atoms with Gasteiger partial charge in [-0.2, -0.15) is 0 Å². The highest BCUT2D eigenvalue weighted by Crippen LogP contribution is 2.21. The van der Waals surface area contributed by atoms with Crippen molar-refractivity contribution in [3.8, 4) is 0 Å². The summed E-state index contributed by atoms with van der Waals surface area (Å²) in [6, 6.07) is -0.439. The fourth-order valence-electron chi connectivity index (χ4n) is 1.15.